The van der Waals surface area contributed by atoms with Crippen LogP contribution in [0.15, 0.2) is 4.99 Å². The summed E-state index contributed by atoms with van der Waals surface area (Å²) in [7, 11) is 0. The molecular weight excluding hydrogens is 276 g/mol. The van der Waals surface area contributed by atoms with Crippen molar-refractivity contribution in [1.29, 1.82) is 0 Å². The van der Waals surface area contributed by atoms with Crippen LogP contribution in [0.5, 0.6) is 0 Å². The van der Waals surface area contributed by atoms with E-state index in [4.69, 9.17) is 4.99 Å². The van der Waals surface area contributed by atoms with Crippen LogP contribution in [0.25, 0.3) is 0 Å². The van der Waals surface area contributed by atoms with Crippen molar-refractivity contribution in [2.45, 2.75) is 91.4 Å². The predicted molar refractivity (Wildman–Crippen MR) is 101 cm³/mol. The highest BCUT2D eigenvalue weighted by Gasteiger charge is 1.99. The molecule has 1 N–H and O–H groups in total. The molecule has 0 aromatic carbocycles. The van der Waals surface area contributed by atoms with E-state index in [0.29, 0.717) is 0 Å². The Morgan fingerprint density at radius 3 is 2.00 bits per heavy atom. The van der Waals surface area contributed by atoms with Gasteiger partial charge in [-0.1, -0.05) is 83.9 Å². The van der Waals surface area contributed by atoms with E-state index < -0.39 is 0 Å². The van der Waals surface area contributed by atoms with E-state index >= 15 is 0 Å². The van der Waals surface area contributed by atoms with E-state index in [1.807, 2.05) is 11.8 Å². The van der Waals surface area contributed by atoms with Gasteiger partial charge in [0.25, 0.3) is 0 Å². The molecule has 0 aliphatic heterocycles. The van der Waals surface area contributed by atoms with E-state index in [0.717, 1.165) is 13.1 Å². The number of hydrogen-bond acceptors (Lipinski definition) is 2. The molecule has 0 fully saturated rings. The van der Waals surface area contributed by atoms with Gasteiger partial charge in [-0.2, -0.15) is 0 Å². The molecule has 3 heteroatoms. The second-order valence-electron chi connectivity index (χ2n) is 5.79. The van der Waals surface area contributed by atoms with Crippen molar-refractivity contribution in [1.82, 2.24) is 5.32 Å². The van der Waals surface area contributed by atoms with Gasteiger partial charge < -0.3 is 5.32 Å². The molecule has 126 valence electrons. The van der Waals surface area contributed by atoms with E-state index in [2.05, 4.69) is 26.1 Å². The first-order chi connectivity index (χ1) is 10.3. The summed E-state index contributed by atoms with van der Waals surface area (Å²) >= 11 is 1.90. The Hall–Kier alpha value is -0.180. The first kappa shape index (κ1) is 20.8. The molecule has 0 heterocycles. The van der Waals surface area contributed by atoms with Gasteiger partial charge in [0.2, 0.25) is 0 Å². The summed E-state index contributed by atoms with van der Waals surface area (Å²) in [6.07, 6.45) is 14.6. The average molecular weight is 315 g/mol. The highest BCUT2D eigenvalue weighted by atomic mass is 32.2. The number of rotatable bonds is 14. The average Bonchev–Trinajstić information content (AvgIpc) is 2.50. The van der Waals surface area contributed by atoms with Crippen molar-refractivity contribution in [2.24, 2.45) is 4.99 Å². The Labute approximate surface area is 138 Å². The summed E-state index contributed by atoms with van der Waals surface area (Å²) in [6, 6.07) is 0. The third-order valence-corrected chi connectivity index (χ3v) is 4.68. The van der Waals surface area contributed by atoms with Crippen LogP contribution < -0.4 is 5.32 Å². The van der Waals surface area contributed by atoms with Gasteiger partial charge in [0.1, 0.15) is 0 Å². The Kier molecular flexibility index (Phi) is 17.7. The number of amidine groups is 1. The molecule has 0 amide bonds. The maximum absolute atomic E-state index is 4.76. The third-order valence-electron chi connectivity index (χ3n) is 3.52. The lowest BCUT2D eigenvalue weighted by Crippen LogP contribution is -2.22. The van der Waals surface area contributed by atoms with Gasteiger partial charge in [-0.15, -0.1) is 0 Å². The third kappa shape index (κ3) is 16.0. The molecule has 0 aromatic rings. The van der Waals surface area contributed by atoms with Crippen molar-refractivity contribution >= 4 is 16.9 Å². The summed E-state index contributed by atoms with van der Waals surface area (Å²) in [5, 5.41) is 4.73. The Bertz CT molecular complexity index is 229. The number of aliphatic imine (C=N–C) groups is 1. The van der Waals surface area contributed by atoms with E-state index in [9.17, 15) is 0 Å². The van der Waals surface area contributed by atoms with Crippen LogP contribution in [-0.4, -0.2) is 24.0 Å². The maximum atomic E-state index is 4.76. The maximum Gasteiger partial charge on any atom is 0.156 e. The van der Waals surface area contributed by atoms with Crippen molar-refractivity contribution in [3.63, 3.8) is 0 Å². The SMILES string of the molecule is CCCCCCCN=C(NCCCCCCC)SCCC. The molecule has 0 aromatic heterocycles. The number of nitrogens with zero attached hydrogens (tertiary/aromatic N) is 1. The van der Waals surface area contributed by atoms with Crippen molar-refractivity contribution < 1.29 is 0 Å². The topological polar surface area (TPSA) is 24.4 Å². The zero-order valence-corrected chi connectivity index (χ0v) is 15.6. The fourth-order valence-corrected chi connectivity index (χ4v) is 2.96. The number of hydrogen-bond donors (Lipinski definition) is 1. The lowest BCUT2D eigenvalue weighted by Gasteiger charge is -2.09. The molecule has 0 unspecified atom stereocenters. The number of thioether (sulfide) groups is 1. The highest BCUT2D eigenvalue weighted by molar-refractivity contribution is 8.13. The fourth-order valence-electron chi connectivity index (χ4n) is 2.17. The molecule has 0 radical (unpaired) electrons. The number of nitrogens with one attached hydrogen (secondary N) is 1. The zero-order chi connectivity index (χ0) is 15.6. The normalized spacial score (nSPS) is 11.9. The summed E-state index contributed by atoms with van der Waals surface area (Å²) in [5.74, 6) is 1.18. The molecule has 0 saturated heterocycles. The van der Waals surface area contributed by atoms with Gasteiger partial charge in [-0.05, 0) is 19.3 Å². The highest BCUT2D eigenvalue weighted by Crippen LogP contribution is 2.07. The van der Waals surface area contributed by atoms with Gasteiger partial charge in [0.15, 0.2) is 5.17 Å². The van der Waals surface area contributed by atoms with Crippen LogP contribution in [0.4, 0.5) is 0 Å². The molecule has 0 saturated carbocycles. The molecule has 0 aliphatic rings. The van der Waals surface area contributed by atoms with Crippen LogP contribution in [0.3, 0.4) is 0 Å². The second kappa shape index (κ2) is 17.9. The van der Waals surface area contributed by atoms with Gasteiger partial charge in [-0.25, -0.2) is 0 Å². The standard InChI is InChI=1S/C18H38N2S/c1-4-7-9-11-13-15-19-18(21-17-6-3)20-16-14-12-10-8-5-2/h4-17H2,1-3H3,(H,19,20). The lowest BCUT2D eigenvalue weighted by molar-refractivity contribution is 0.623. The lowest BCUT2D eigenvalue weighted by atomic mass is 10.1. The largest absolute Gasteiger partial charge is 0.365 e. The molecule has 0 aliphatic carbocycles. The van der Waals surface area contributed by atoms with E-state index in [1.54, 1.807) is 0 Å². The minimum atomic E-state index is 0.999. The minimum Gasteiger partial charge on any atom is -0.365 e. The first-order valence-electron chi connectivity index (χ1n) is 9.26. The minimum absolute atomic E-state index is 0.999. The van der Waals surface area contributed by atoms with Gasteiger partial charge in [0, 0.05) is 18.8 Å². The first-order valence-corrected chi connectivity index (χ1v) is 10.2. The van der Waals surface area contributed by atoms with Crippen molar-refractivity contribution in [3.05, 3.63) is 0 Å². The van der Waals surface area contributed by atoms with Gasteiger partial charge in [0.05, 0.1) is 0 Å². The molecule has 0 atom stereocenters. The van der Waals surface area contributed by atoms with Crippen molar-refractivity contribution in [3.8, 4) is 0 Å². The Morgan fingerprint density at radius 2 is 1.38 bits per heavy atom. The summed E-state index contributed by atoms with van der Waals surface area (Å²) < 4.78 is 0. The zero-order valence-electron chi connectivity index (χ0n) is 14.8. The molecule has 0 spiro atoms. The summed E-state index contributed by atoms with van der Waals surface area (Å²) in [5.41, 5.74) is 0. The smallest absolute Gasteiger partial charge is 0.156 e. The van der Waals surface area contributed by atoms with E-state index in [1.165, 1.54) is 81.5 Å². The second-order valence-corrected chi connectivity index (χ2v) is 6.87. The summed E-state index contributed by atoms with van der Waals surface area (Å²) in [4.78, 5) is 4.76. The van der Waals surface area contributed by atoms with Crippen molar-refractivity contribution in [2.75, 3.05) is 18.8 Å². The van der Waals surface area contributed by atoms with Gasteiger partial charge >= 0.3 is 0 Å². The summed E-state index contributed by atoms with van der Waals surface area (Å²) in [6.45, 7) is 8.86. The van der Waals surface area contributed by atoms with Crippen LogP contribution in [-0.2, 0) is 0 Å². The van der Waals surface area contributed by atoms with Crippen LogP contribution in [0.1, 0.15) is 91.4 Å². The Balaban J connectivity index is 3.73. The van der Waals surface area contributed by atoms with E-state index in [-0.39, 0.29) is 0 Å². The molecule has 0 bridgehead atoms. The monoisotopic (exact) mass is 314 g/mol. The molecule has 0 rings (SSSR count). The van der Waals surface area contributed by atoms with Crippen LogP contribution in [0.2, 0.25) is 0 Å². The predicted octanol–water partition coefficient (Wildman–Crippen LogP) is 6.02. The van der Waals surface area contributed by atoms with Gasteiger partial charge in [-0.3, -0.25) is 4.99 Å². The molecule has 2 nitrogen and oxygen atoms in total. The number of unbranched alkanes of at least 4 members (excludes halogenated alkanes) is 8. The molecular formula is C18H38N2S. The van der Waals surface area contributed by atoms with Crippen LogP contribution >= 0.6 is 11.8 Å². The molecule has 21 heavy (non-hydrogen) atoms. The fraction of sp³-hybridized carbons (Fsp3) is 0.944. The Morgan fingerprint density at radius 1 is 0.762 bits per heavy atom. The van der Waals surface area contributed by atoms with Crippen LogP contribution in [0, 0.1) is 0 Å². The quantitative estimate of drug-likeness (QED) is 0.241.